The molecule has 6 rings (SSSR count). The van der Waals surface area contributed by atoms with Gasteiger partial charge in [0.05, 0.1) is 30.9 Å². The summed E-state index contributed by atoms with van der Waals surface area (Å²) >= 11 is 0. The number of hydrogen-bond acceptors (Lipinski definition) is 0. The summed E-state index contributed by atoms with van der Waals surface area (Å²) < 4.78 is 4.81. The second-order valence-electron chi connectivity index (χ2n) is 11.9. The Hall–Kier alpha value is -3.42. The van der Waals surface area contributed by atoms with Gasteiger partial charge in [0.15, 0.2) is 6.20 Å². The predicted octanol–water partition coefficient (Wildman–Crippen LogP) is 6.91. The smallest absolute Gasteiger partial charge is 0.238 e. The zero-order valence-electron chi connectivity index (χ0n) is 21.7. The maximum atomic E-state index is 7.76. The first-order valence-corrected chi connectivity index (χ1v) is 15.9. The Morgan fingerprint density at radius 1 is 0.943 bits per heavy atom. The highest BCUT2D eigenvalue weighted by Gasteiger charge is 2.30. The van der Waals surface area contributed by atoms with Gasteiger partial charge in [-0.25, -0.2) is 6.57 Å². The molecule has 0 atom stereocenters. The number of aromatic nitrogens is 2. The third kappa shape index (κ3) is 2.98. The molecule has 6 aromatic rings. The van der Waals surface area contributed by atoms with E-state index in [0.717, 1.165) is 6.42 Å². The van der Waals surface area contributed by atoms with E-state index in [0.29, 0.717) is 0 Å². The summed E-state index contributed by atoms with van der Waals surface area (Å²) in [6.07, 6.45) is 2.94. The summed E-state index contributed by atoms with van der Waals surface area (Å²) in [6, 6.07) is 18.2. The average Bonchev–Trinajstić information content (AvgIpc) is 3.14. The van der Waals surface area contributed by atoms with Crippen LogP contribution in [0.1, 0.15) is 25.0 Å². The zero-order chi connectivity index (χ0) is 24.9. The van der Waals surface area contributed by atoms with Crippen molar-refractivity contribution in [1.29, 1.82) is 0 Å². The van der Waals surface area contributed by atoms with Crippen molar-refractivity contribution in [2.24, 2.45) is 7.05 Å². The Morgan fingerprint density at radius 2 is 1.63 bits per heavy atom. The van der Waals surface area contributed by atoms with E-state index < -0.39 is 13.6 Å². The minimum atomic E-state index is -1.57. The van der Waals surface area contributed by atoms with Gasteiger partial charge in [0.25, 0.3) is 0 Å². The van der Waals surface area contributed by atoms with Crippen LogP contribution in [0.2, 0.25) is 19.6 Å². The standard InChI is InChI=1S/C31H32N3Si/c1-19-17-25(35(6,7)8)23-13-10-14-24-27(23)26(19)30-29-22(15-16-33(30)5)21-12-9-11-20(28(21)34(24)29)18-31(2,3)32-4/h9-17H,18H2,1-3,5-8H3/q+1. The molecule has 0 N–H and O–H groups in total. The first kappa shape index (κ1) is 22.1. The molecule has 0 saturated heterocycles. The Kier molecular flexibility index (Phi) is 4.45. The summed E-state index contributed by atoms with van der Waals surface area (Å²) in [5.41, 5.74) is 7.24. The van der Waals surface area contributed by atoms with Gasteiger partial charge in [-0.2, -0.15) is 4.57 Å². The van der Waals surface area contributed by atoms with Crippen LogP contribution in [-0.2, 0) is 13.5 Å². The molecular weight excluding hydrogens is 442 g/mol. The van der Waals surface area contributed by atoms with Crippen molar-refractivity contribution in [2.45, 2.75) is 52.4 Å². The largest absolute Gasteiger partial charge is 0.311 e. The Bertz CT molecular complexity index is 1860. The lowest BCUT2D eigenvalue weighted by molar-refractivity contribution is -0.644. The maximum absolute atomic E-state index is 7.76. The molecule has 0 amide bonds. The van der Waals surface area contributed by atoms with Gasteiger partial charge in [0.1, 0.15) is 12.6 Å². The molecule has 0 saturated carbocycles. The molecule has 35 heavy (non-hydrogen) atoms. The molecule has 0 radical (unpaired) electrons. The van der Waals surface area contributed by atoms with Crippen molar-refractivity contribution in [1.82, 2.24) is 4.40 Å². The van der Waals surface area contributed by atoms with Gasteiger partial charge >= 0.3 is 0 Å². The van der Waals surface area contributed by atoms with Crippen LogP contribution < -0.4 is 9.75 Å². The van der Waals surface area contributed by atoms with Crippen LogP contribution in [0.15, 0.2) is 54.7 Å². The Balaban J connectivity index is 1.96. The number of nitrogens with zero attached hydrogens (tertiary/aromatic N) is 3. The van der Waals surface area contributed by atoms with Gasteiger partial charge in [-0.1, -0.05) is 61.2 Å². The van der Waals surface area contributed by atoms with E-state index in [4.69, 9.17) is 6.57 Å². The van der Waals surface area contributed by atoms with Crippen molar-refractivity contribution in [3.63, 3.8) is 0 Å². The average molecular weight is 475 g/mol. The summed E-state index contributed by atoms with van der Waals surface area (Å²) in [5.74, 6) is 0. The monoisotopic (exact) mass is 474 g/mol. The fourth-order valence-electron chi connectivity index (χ4n) is 6.15. The summed E-state index contributed by atoms with van der Waals surface area (Å²) in [4.78, 5) is 3.94. The van der Waals surface area contributed by atoms with Crippen LogP contribution in [0.5, 0.6) is 0 Å². The molecular formula is C31H32N3Si+. The Labute approximate surface area is 207 Å². The quantitative estimate of drug-likeness (QED) is 0.0869. The highest BCUT2D eigenvalue weighted by atomic mass is 28.3. The molecule has 0 bridgehead atoms. The number of pyridine rings is 2. The molecule has 3 aromatic heterocycles. The van der Waals surface area contributed by atoms with Crippen LogP contribution in [-0.4, -0.2) is 18.0 Å². The van der Waals surface area contributed by atoms with E-state index in [2.05, 4.69) is 102 Å². The van der Waals surface area contributed by atoms with E-state index in [1.807, 2.05) is 13.8 Å². The fraction of sp³-hybridized carbons (Fsp3) is 0.290. The maximum Gasteiger partial charge on any atom is 0.238 e. The van der Waals surface area contributed by atoms with Gasteiger partial charge in [0, 0.05) is 36.1 Å². The first-order chi connectivity index (χ1) is 16.5. The van der Waals surface area contributed by atoms with Crippen LogP contribution >= 0.6 is 0 Å². The Morgan fingerprint density at radius 3 is 2.34 bits per heavy atom. The van der Waals surface area contributed by atoms with E-state index >= 15 is 0 Å². The molecule has 0 aliphatic carbocycles. The molecule has 0 unspecified atom stereocenters. The van der Waals surface area contributed by atoms with E-state index in [9.17, 15) is 0 Å². The number of aryl methyl sites for hydroxylation is 2. The van der Waals surface area contributed by atoms with Crippen molar-refractivity contribution in [3.05, 3.63) is 77.3 Å². The second-order valence-corrected chi connectivity index (χ2v) is 16.9. The third-order valence-corrected chi connectivity index (χ3v) is 9.73. The highest BCUT2D eigenvalue weighted by molar-refractivity contribution is 6.90. The molecule has 4 heteroatoms. The molecule has 0 aliphatic heterocycles. The van der Waals surface area contributed by atoms with E-state index in [1.54, 1.807) is 0 Å². The SMILES string of the molecule is [C-]#[N+]C(C)(C)Cc1cccc2c3cc[n+](C)c4c5c(C)cc([Si](C)(C)C)c6cccc(c65)n(c12)c34. The number of para-hydroxylation sites is 1. The minimum absolute atomic E-state index is 0.446. The number of hydrogen-bond donors (Lipinski definition) is 0. The molecule has 3 aromatic carbocycles. The van der Waals surface area contributed by atoms with Crippen molar-refractivity contribution >= 4 is 62.3 Å². The van der Waals surface area contributed by atoms with Crippen molar-refractivity contribution in [2.75, 3.05) is 0 Å². The molecule has 174 valence electrons. The van der Waals surface area contributed by atoms with Crippen LogP contribution in [0, 0.1) is 13.5 Å². The lowest BCUT2D eigenvalue weighted by Crippen LogP contribution is -2.38. The lowest BCUT2D eigenvalue weighted by Gasteiger charge is -2.23. The summed E-state index contributed by atoms with van der Waals surface area (Å²) in [6.45, 7) is 21.5. The summed E-state index contributed by atoms with van der Waals surface area (Å²) in [5, 5.41) is 8.21. The molecule has 0 fully saturated rings. The van der Waals surface area contributed by atoms with Crippen molar-refractivity contribution < 1.29 is 4.57 Å². The lowest BCUT2D eigenvalue weighted by atomic mass is 9.94. The molecule has 0 spiro atoms. The fourth-order valence-corrected chi connectivity index (χ4v) is 7.82. The van der Waals surface area contributed by atoms with E-state index in [1.165, 1.54) is 65.3 Å². The number of benzene rings is 3. The molecule has 3 heterocycles. The van der Waals surface area contributed by atoms with Crippen LogP contribution in [0.25, 0.3) is 53.8 Å². The van der Waals surface area contributed by atoms with Crippen molar-refractivity contribution in [3.8, 4) is 0 Å². The van der Waals surface area contributed by atoms with Crippen LogP contribution in [0.4, 0.5) is 0 Å². The topological polar surface area (TPSA) is 12.7 Å². The predicted molar refractivity (Wildman–Crippen MR) is 152 cm³/mol. The van der Waals surface area contributed by atoms with Gasteiger partial charge in [-0.15, -0.1) is 0 Å². The molecule has 0 aliphatic rings. The summed E-state index contributed by atoms with van der Waals surface area (Å²) in [7, 11) is 0.606. The van der Waals surface area contributed by atoms with Gasteiger partial charge in [-0.3, -0.25) is 0 Å². The normalized spacial score (nSPS) is 13.1. The second kappa shape index (κ2) is 7.05. The zero-order valence-corrected chi connectivity index (χ0v) is 22.7. The van der Waals surface area contributed by atoms with Crippen LogP contribution in [0.3, 0.4) is 0 Å². The van der Waals surface area contributed by atoms with Gasteiger partial charge in [-0.05, 0) is 29.5 Å². The third-order valence-electron chi connectivity index (χ3n) is 7.70. The molecule has 3 nitrogen and oxygen atoms in total. The number of fused-ring (bicyclic) bond motifs is 5. The van der Waals surface area contributed by atoms with Gasteiger partial charge in [0.2, 0.25) is 11.1 Å². The first-order valence-electron chi connectivity index (χ1n) is 12.4. The number of rotatable bonds is 3. The minimum Gasteiger partial charge on any atom is -0.311 e. The van der Waals surface area contributed by atoms with Gasteiger partial charge < -0.3 is 9.25 Å². The highest BCUT2D eigenvalue weighted by Crippen LogP contribution is 2.41. The van der Waals surface area contributed by atoms with E-state index in [-0.39, 0.29) is 0 Å².